The van der Waals surface area contributed by atoms with Gasteiger partial charge in [0.05, 0.1) is 42.4 Å². The van der Waals surface area contributed by atoms with Gasteiger partial charge in [-0.25, -0.2) is 4.39 Å². The highest BCUT2D eigenvalue weighted by molar-refractivity contribution is 6.01. The lowest BCUT2D eigenvalue weighted by Gasteiger charge is -2.44. The molecule has 2 heterocycles. The van der Waals surface area contributed by atoms with Gasteiger partial charge in [0.25, 0.3) is 5.91 Å². The van der Waals surface area contributed by atoms with Crippen LogP contribution >= 0.6 is 0 Å². The molecule has 202 valence electrons. The van der Waals surface area contributed by atoms with Gasteiger partial charge in [-0.2, -0.15) is 0 Å². The Hall–Kier alpha value is -3.24. The van der Waals surface area contributed by atoms with Crippen molar-refractivity contribution in [2.24, 2.45) is 16.9 Å². The van der Waals surface area contributed by atoms with Crippen LogP contribution in [0.25, 0.3) is 5.69 Å². The maximum Gasteiger partial charge on any atom is 0.319 e. The van der Waals surface area contributed by atoms with Crippen LogP contribution in [0, 0.1) is 11.2 Å². The van der Waals surface area contributed by atoms with Crippen molar-refractivity contribution in [1.82, 2.24) is 4.57 Å². The zero-order chi connectivity index (χ0) is 26.6. The van der Waals surface area contributed by atoms with Crippen LogP contribution in [-0.4, -0.2) is 40.9 Å². The van der Waals surface area contributed by atoms with Crippen molar-refractivity contribution in [3.8, 4) is 5.69 Å². The van der Waals surface area contributed by atoms with Crippen LogP contribution in [0.3, 0.4) is 0 Å². The van der Waals surface area contributed by atoms with E-state index in [1.54, 1.807) is 6.07 Å². The summed E-state index contributed by atoms with van der Waals surface area (Å²) in [5.41, 5.74) is 15.1. The Kier molecular flexibility index (Phi) is 6.26. The van der Waals surface area contributed by atoms with Gasteiger partial charge in [0.2, 0.25) is 0 Å². The number of rotatable bonds is 6. The molecule has 5 N–H and O–H groups in total. The minimum absolute atomic E-state index is 0.00639. The summed E-state index contributed by atoms with van der Waals surface area (Å²) in [7, 11) is 0. The fourth-order valence-electron chi connectivity index (χ4n) is 6.84. The van der Waals surface area contributed by atoms with Crippen molar-refractivity contribution in [2.45, 2.75) is 83.1 Å². The maximum atomic E-state index is 15.5. The van der Waals surface area contributed by atoms with Crippen LogP contribution in [0.1, 0.15) is 89.0 Å². The number of carbonyl (C=O) groups is 3. The van der Waals surface area contributed by atoms with Gasteiger partial charge in [-0.1, -0.05) is 6.42 Å². The third-order valence-corrected chi connectivity index (χ3v) is 8.81. The number of primary amides is 1. The molecule has 1 amide bonds. The van der Waals surface area contributed by atoms with Crippen LogP contribution < -0.4 is 16.8 Å². The smallest absolute Gasteiger partial charge is 0.319 e. The molecule has 0 saturated heterocycles. The van der Waals surface area contributed by atoms with Gasteiger partial charge in [0.15, 0.2) is 5.78 Å². The number of anilines is 1. The molecule has 2 fully saturated rings. The van der Waals surface area contributed by atoms with E-state index in [1.807, 2.05) is 4.57 Å². The van der Waals surface area contributed by atoms with E-state index in [0.717, 1.165) is 48.2 Å². The average Bonchev–Trinajstić information content (AvgIpc) is 3.43. The van der Waals surface area contributed by atoms with E-state index in [4.69, 9.17) is 20.9 Å². The molecule has 1 aromatic carbocycles. The second-order valence-corrected chi connectivity index (χ2v) is 11.2. The summed E-state index contributed by atoms with van der Waals surface area (Å²) >= 11 is 0. The lowest BCUT2D eigenvalue weighted by atomic mass is 9.60. The van der Waals surface area contributed by atoms with Crippen molar-refractivity contribution in [3.63, 3.8) is 0 Å². The molecule has 0 atom stereocenters. The van der Waals surface area contributed by atoms with Crippen molar-refractivity contribution in [1.29, 1.82) is 0 Å². The highest BCUT2D eigenvalue weighted by atomic mass is 19.1. The number of hydrogen-bond acceptors (Lipinski definition) is 7. The molecule has 1 aliphatic heterocycles. The lowest BCUT2D eigenvalue weighted by Crippen LogP contribution is -2.39. The number of ketones is 1. The molecule has 1 spiro atoms. The predicted molar refractivity (Wildman–Crippen MR) is 136 cm³/mol. The van der Waals surface area contributed by atoms with Crippen LogP contribution in [0.15, 0.2) is 12.1 Å². The summed E-state index contributed by atoms with van der Waals surface area (Å²) in [6.45, 7) is 0.557. The molecule has 0 bridgehead atoms. The number of nitrogens with two attached hydrogens (primary N) is 2. The minimum Gasteiger partial charge on any atom is -0.461 e. The van der Waals surface area contributed by atoms with Gasteiger partial charge in [-0.05, 0) is 62.5 Å². The molecule has 1 aromatic heterocycles. The van der Waals surface area contributed by atoms with E-state index in [9.17, 15) is 14.4 Å². The molecule has 2 aromatic rings. The Balaban J connectivity index is 1.35. The van der Waals surface area contributed by atoms with Crippen LogP contribution in [0.4, 0.5) is 10.1 Å². The summed E-state index contributed by atoms with van der Waals surface area (Å²) in [4.78, 5) is 37.1. The second-order valence-electron chi connectivity index (χ2n) is 11.2. The van der Waals surface area contributed by atoms with E-state index in [1.165, 1.54) is 6.07 Å². The fourth-order valence-corrected chi connectivity index (χ4v) is 6.84. The topological polar surface area (TPSA) is 139 Å². The van der Waals surface area contributed by atoms with Gasteiger partial charge in [-0.3, -0.25) is 14.4 Å². The van der Waals surface area contributed by atoms with Gasteiger partial charge in [-0.15, -0.1) is 0 Å². The molecule has 6 rings (SSSR count). The number of nitrogens with one attached hydrogen (secondary N) is 1. The average molecular weight is 525 g/mol. The number of halogens is 1. The number of esters is 1. The number of nitrogens with zero attached hydrogens (tertiary/aromatic N) is 1. The Morgan fingerprint density at radius 3 is 2.55 bits per heavy atom. The molecule has 3 aliphatic carbocycles. The van der Waals surface area contributed by atoms with E-state index in [2.05, 4.69) is 5.32 Å². The number of Topliss-reactive ketones (excluding diaryl/α,β-unsaturated/α-hetero) is 1. The highest BCUT2D eigenvalue weighted by Gasteiger charge is 2.47. The molecule has 9 nitrogen and oxygen atoms in total. The zero-order valence-corrected chi connectivity index (χ0v) is 21.3. The second kappa shape index (κ2) is 9.50. The standard InChI is InChI=1S/C28H33FN4O5/c29-19-8-16(9-20(26(19)27(31)36)32-15-2-4-17(5-3-15)38-24(35)12-30)33-21-10-28(6-1-7-28)11-23(34)25(21)18-13-37-14-22(18)33/h8-9,15,17,32H,1-7,10-14,30H2,(H2,31,36). The number of carbonyl (C=O) groups excluding carboxylic acids is 3. The number of amides is 1. The molecule has 4 aliphatic rings. The predicted octanol–water partition coefficient (Wildman–Crippen LogP) is 3.27. The van der Waals surface area contributed by atoms with Gasteiger partial charge in [0.1, 0.15) is 11.9 Å². The first-order valence-electron chi connectivity index (χ1n) is 13.4. The number of fused-ring (bicyclic) bond motifs is 3. The summed E-state index contributed by atoms with van der Waals surface area (Å²) in [5.74, 6) is -1.85. The lowest BCUT2D eigenvalue weighted by molar-refractivity contribution is -0.148. The number of benzene rings is 1. The first-order chi connectivity index (χ1) is 18.3. The third-order valence-electron chi connectivity index (χ3n) is 8.81. The van der Waals surface area contributed by atoms with E-state index in [-0.39, 0.29) is 35.5 Å². The highest BCUT2D eigenvalue weighted by Crippen LogP contribution is 2.52. The molecule has 38 heavy (non-hydrogen) atoms. The van der Waals surface area contributed by atoms with E-state index >= 15 is 4.39 Å². The molecule has 0 unspecified atom stereocenters. The van der Waals surface area contributed by atoms with Crippen LogP contribution in [0.5, 0.6) is 0 Å². The quantitative estimate of drug-likeness (QED) is 0.493. The molecular weight excluding hydrogens is 491 g/mol. The molecule has 10 heteroatoms. The third kappa shape index (κ3) is 4.19. The number of ether oxygens (including phenoxy) is 2. The number of hydrogen-bond donors (Lipinski definition) is 3. The Bertz CT molecular complexity index is 1320. The van der Waals surface area contributed by atoms with Crippen LogP contribution in [0.2, 0.25) is 0 Å². The zero-order valence-electron chi connectivity index (χ0n) is 21.3. The normalized spacial score (nSPS) is 23.5. The molecule has 0 radical (unpaired) electrons. The largest absolute Gasteiger partial charge is 0.461 e. The molecular formula is C28H33FN4O5. The monoisotopic (exact) mass is 524 g/mol. The van der Waals surface area contributed by atoms with Crippen LogP contribution in [-0.2, 0) is 33.9 Å². The summed E-state index contributed by atoms with van der Waals surface area (Å²) in [5, 5.41) is 3.34. The van der Waals surface area contributed by atoms with E-state index in [0.29, 0.717) is 56.7 Å². The van der Waals surface area contributed by atoms with Crippen molar-refractivity contribution < 1.29 is 28.2 Å². The van der Waals surface area contributed by atoms with Crippen molar-refractivity contribution >= 4 is 23.3 Å². The minimum atomic E-state index is -0.853. The first kappa shape index (κ1) is 25.1. The Labute approximate surface area is 220 Å². The van der Waals surface area contributed by atoms with Crippen molar-refractivity contribution in [3.05, 3.63) is 46.0 Å². The summed E-state index contributed by atoms with van der Waals surface area (Å²) in [6.07, 6.45) is 6.91. The maximum absolute atomic E-state index is 15.5. The van der Waals surface area contributed by atoms with Gasteiger partial charge < -0.3 is 30.8 Å². The van der Waals surface area contributed by atoms with Gasteiger partial charge in [0, 0.05) is 29.3 Å². The Morgan fingerprint density at radius 2 is 1.89 bits per heavy atom. The first-order valence-corrected chi connectivity index (χ1v) is 13.4. The van der Waals surface area contributed by atoms with Gasteiger partial charge >= 0.3 is 5.97 Å². The Morgan fingerprint density at radius 1 is 1.13 bits per heavy atom. The fraction of sp³-hybridized carbons (Fsp3) is 0.536. The van der Waals surface area contributed by atoms with Crippen molar-refractivity contribution in [2.75, 3.05) is 11.9 Å². The van der Waals surface area contributed by atoms with E-state index < -0.39 is 17.7 Å². The SMILES string of the molecule is NCC(=O)OC1CCC(Nc2cc(-n3c4c(c5c3CC3(CCC3)CC5=O)COC4)cc(F)c2C(N)=O)CC1. The summed E-state index contributed by atoms with van der Waals surface area (Å²) in [6, 6.07) is 3.04. The number of aromatic nitrogens is 1. The summed E-state index contributed by atoms with van der Waals surface area (Å²) < 4.78 is 28.6. The molecule has 2 saturated carbocycles.